The number of benzene rings is 1. The molecular weight excluding hydrogens is 242 g/mol. The number of aromatic nitrogens is 2. The predicted molar refractivity (Wildman–Crippen MR) is 70.2 cm³/mol. The Morgan fingerprint density at radius 3 is 2.84 bits per heavy atom. The number of carboxylic acid groups (broad SMARTS) is 1. The lowest BCUT2D eigenvalue weighted by atomic mass is 10.1. The molecule has 0 saturated heterocycles. The van der Waals surface area contributed by atoms with E-state index < -0.39 is 5.97 Å². The van der Waals surface area contributed by atoms with E-state index in [1.807, 2.05) is 6.07 Å². The van der Waals surface area contributed by atoms with Crippen LogP contribution in [0.1, 0.15) is 21.7 Å². The molecule has 1 aromatic carbocycles. The first-order chi connectivity index (χ1) is 9.24. The lowest BCUT2D eigenvalue weighted by Crippen LogP contribution is -2.21. The normalized spacial score (nSPS) is 13.4. The van der Waals surface area contributed by atoms with Crippen molar-refractivity contribution in [2.75, 3.05) is 11.4 Å². The van der Waals surface area contributed by atoms with E-state index in [0.29, 0.717) is 12.1 Å². The molecule has 0 fully saturated rings. The van der Waals surface area contributed by atoms with Gasteiger partial charge < -0.3 is 10.0 Å². The van der Waals surface area contributed by atoms with Gasteiger partial charge in [0.25, 0.3) is 0 Å². The van der Waals surface area contributed by atoms with E-state index in [-0.39, 0.29) is 0 Å². The Hall–Kier alpha value is -2.43. The number of aromatic carboxylic acids is 1. The second-order valence-corrected chi connectivity index (χ2v) is 4.49. The number of hydrogen-bond donors (Lipinski definition) is 1. The lowest BCUT2D eigenvalue weighted by molar-refractivity contribution is 0.0697. The first kappa shape index (κ1) is 11.6. The average molecular weight is 255 g/mol. The van der Waals surface area contributed by atoms with Crippen LogP contribution in [0.5, 0.6) is 0 Å². The molecule has 0 atom stereocenters. The number of carboxylic acids is 1. The van der Waals surface area contributed by atoms with Crippen LogP contribution >= 0.6 is 0 Å². The molecule has 0 bridgehead atoms. The maximum atomic E-state index is 10.9. The molecule has 0 amide bonds. The number of carbonyl (C=O) groups is 1. The van der Waals surface area contributed by atoms with Gasteiger partial charge in [-0.2, -0.15) is 0 Å². The standard InChI is InChI=1S/C14H13N3O2/c18-14(19)11-2-3-12-10(8-11)4-7-17(12)9-13-15-5-1-6-16-13/h1-3,5-6,8H,4,7,9H2,(H,18,19). The molecule has 3 rings (SSSR count). The van der Waals surface area contributed by atoms with Crippen LogP contribution in [0.25, 0.3) is 0 Å². The van der Waals surface area contributed by atoms with E-state index in [2.05, 4.69) is 14.9 Å². The van der Waals surface area contributed by atoms with Crippen molar-refractivity contribution in [2.45, 2.75) is 13.0 Å². The third-order valence-electron chi connectivity index (χ3n) is 3.27. The predicted octanol–water partition coefficient (Wildman–Crippen LogP) is 1.74. The smallest absolute Gasteiger partial charge is 0.335 e. The van der Waals surface area contributed by atoms with E-state index in [9.17, 15) is 4.79 Å². The van der Waals surface area contributed by atoms with Crippen LogP contribution in [-0.2, 0) is 13.0 Å². The van der Waals surface area contributed by atoms with Crippen molar-refractivity contribution in [3.8, 4) is 0 Å². The van der Waals surface area contributed by atoms with Crippen molar-refractivity contribution in [1.29, 1.82) is 0 Å². The highest BCUT2D eigenvalue weighted by molar-refractivity contribution is 5.88. The molecule has 96 valence electrons. The molecule has 2 aromatic rings. The monoisotopic (exact) mass is 255 g/mol. The highest BCUT2D eigenvalue weighted by Gasteiger charge is 2.21. The summed E-state index contributed by atoms with van der Waals surface area (Å²) < 4.78 is 0. The Morgan fingerprint density at radius 1 is 1.32 bits per heavy atom. The maximum Gasteiger partial charge on any atom is 0.335 e. The van der Waals surface area contributed by atoms with Gasteiger partial charge in [-0.25, -0.2) is 14.8 Å². The van der Waals surface area contributed by atoms with Crippen LogP contribution in [0, 0.1) is 0 Å². The molecular formula is C14H13N3O2. The molecule has 0 radical (unpaired) electrons. The molecule has 2 heterocycles. The van der Waals surface area contributed by atoms with Crippen LogP contribution in [-0.4, -0.2) is 27.6 Å². The van der Waals surface area contributed by atoms with E-state index >= 15 is 0 Å². The molecule has 0 saturated carbocycles. The second-order valence-electron chi connectivity index (χ2n) is 4.49. The zero-order valence-corrected chi connectivity index (χ0v) is 10.3. The van der Waals surface area contributed by atoms with Crippen LogP contribution < -0.4 is 4.90 Å². The van der Waals surface area contributed by atoms with Gasteiger partial charge in [-0.05, 0) is 36.2 Å². The van der Waals surface area contributed by atoms with Crippen LogP contribution in [0.15, 0.2) is 36.7 Å². The Kier molecular flexibility index (Phi) is 2.87. The third kappa shape index (κ3) is 2.27. The lowest BCUT2D eigenvalue weighted by Gasteiger charge is -2.18. The molecule has 19 heavy (non-hydrogen) atoms. The summed E-state index contributed by atoms with van der Waals surface area (Å²) in [5, 5.41) is 8.98. The molecule has 0 spiro atoms. The Labute approximate surface area is 110 Å². The van der Waals surface area contributed by atoms with Gasteiger partial charge in [-0.15, -0.1) is 0 Å². The Morgan fingerprint density at radius 2 is 2.11 bits per heavy atom. The number of fused-ring (bicyclic) bond motifs is 1. The summed E-state index contributed by atoms with van der Waals surface area (Å²) in [4.78, 5) is 21.5. The van der Waals surface area contributed by atoms with Gasteiger partial charge in [-0.3, -0.25) is 0 Å². The van der Waals surface area contributed by atoms with Gasteiger partial charge in [0, 0.05) is 24.6 Å². The van der Waals surface area contributed by atoms with Crippen molar-refractivity contribution in [2.24, 2.45) is 0 Å². The molecule has 5 nitrogen and oxygen atoms in total. The SMILES string of the molecule is O=C(O)c1ccc2c(c1)CCN2Cc1ncccn1. The van der Waals surface area contributed by atoms with Crippen LogP contribution in [0.2, 0.25) is 0 Å². The number of anilines is 1. The quantitative estimate of drug-likeness (QED) is 0.904. The highest BCUT2D eigenvalue weighted by atomic mass is 16.4. The Balaban J connectivity index is 1.84. The topological polar surface area (TPSA) is 66.3 Å². The van der Waals surface area contributed by atoms with Crippen molar-refractivity contribution < 1.29 is 9.90 Å². The van der Waals surface area contributed by atoms with Crippen LogP contribution in [0.3, 0.4) is 0 Å². The van der Waals surface area contributed by atoms with Gasteiger partial charge in [0.05, 0.1) is 12.1 Å². The summed E-state index contributed by atoms with van der Waals surface area (Å²) in [5.74, 6) is -0.106. The molecule has 1 aliphatic heterocycles. The molecule has 1 N–H and O–H groups in total. The minimum Gasteiger partial charge on any atom is -0.478 e. The van der Waals surface area contributed by atoms with Gasteiger partial charge >= 0.3 is 5.97 Å². The van der Waals surface area contributed by atoms with Gasteiger partial charge in [0.1, 0.15) is 5.82 Å². The number of hydrogen-bond acceptors (Lipinski definition) is 4. The van der Waals surface area contributed by atoms with E-state index in [1.165, 1.54) is 0 Å². The van der Waals surface area contributed by atoms with Crippen LogP contribution in [0.4, 0.5) is 5.69 Å². The first-order valence-electron chi connectivity index (χ1n) is 6.11. The molecule has 0 unspecified atom stereocenters. The summed E-state index contributed by atoms with van der Waals surface area (Å²) in [5.41, 5.74) is 2.50. The van der Waals surface area contributed by atoms with Crippen molar-refractivity contribution in [3.63, 3.8) is 0 Å². The summed E-state index contributed by atoms with van der Waals surface area (Å²) in [7, 11) is 0. The summed E-state index contributed by atoms with van der Waals surface area (Å²) in [6, 6.07) is 7.06. The molecule has 1 aliphatic rings. The fourth-order valence-corrected chi connectivity index (χ4v) is 2.35. The summed E-state index contributed by atoms with van der Waals surface area (Å²) in [6.45, 7) is 1.52. The fraction of sp³-hybridized carbons (Fsp3) is 0.214. The summed E-state index contributed by atoms with van der Waals surface area (Å²) >= 11 is 0. The zero-order valence-electron chi connectivity index (χ0n) is 10.3. The second kappa shape index (κ2) is 4.68. The van der Waals surface area contributed by atoms with E-state index in [1.54, 1.807) is 30.6 Å². The number of rotatable bonds is 3. The van der Waals surface area contributed by atoms with Crippen molar-refractivity contribution in [3.05, 3.63) is 53.6 Å². The minimum absolute atomic E-state index is 0.344. The fourth-order valence-electron chi connectivity index (χ4n) is 2.35. The first-order valence-corrected chi connectivity index (χ1v) is 6.11. The van der Waals surface area contributed by atoms with Gasteiger partial charge in [-0.1, -0.05) is 0 Å². The number of nitrogens with zero attached hydrogens (tertiary/aromatic N) is 3. The van der Waals surface area contributed by atoms with E-state index in [0.717, 1.165) is 30.0 Å². The molecule has 5 heteroatoms. The maximum absolute atomic E-state index is 10.9. The van der Waals surface area contributed by atoms with E-state index in [4.69, 9.17) is 5.11 Å². The summed E-state index contributed by atoms with van der Waals surface area (Å²) in [6.07, 6.45) is 4.32. The van der Waals surface area contributed by atoms with Gasteiger partial charge in [0.15, 0.2) is 0 Å². The largest absolute Gasteiger partial charge is 0.478 e. The molecule has 1 aromatic heterocycles. The average Bonchev–Trinajstić information content (AvgIpc) is 2.82. The zero-order chi connectivity index (χ0) is 13.2. The van der Waals surface area contributed by atoms with Crippen molar-refractivity contribution in [1.82, 2.24) is 9.97 Å². The minimum atomic E-state index is -0.882. The van der Waals surface area contributed by atoms with Gasteiger partial charge in [0.2, 0.25) is 0 Å². The highest BCUT2D eigenvalue weighted by Crippen LogP contribution is 2.29. The molecule has 0 aliphatic carbocycles. The Bertz CT molecular complexity index is 613. The third-order valence-corrected chi connectivity index (χ3v) is 3.27. The van der Waals surface area contributed by atoms with Crippen molar-refractivity contribution >= 4 is 11.7 Å².